The molecule has 2 rings (SSSR count). The molecule has 1 aromatic rings. The summed E-state index contributed by atoms with van der Waals surface area (Å²) in [6.07, 6.45) is 7.89. The van der Waals surface area contributed by atoms with Crippen molar-refractivity contribution >= 4 is 5.69 Å². The third-order valence-corrected chi connectivity index (χ3v) is 3.86. The van der Waals surface area contributed by atoms with E-state index in [1.54, 1.807) is 6.07 Å². The van der Waals surface area contributed by atoms with E-state index in [1.807, 2.05) is 6.07 Å². The zero-order valence-corrected chi connectivity index (χ0v) is 11.2. The van der Waals surface area contributed by atoms with Crippen molar-refractivity contribution in [2.75, 3.05) is 12.8 Å². The van der Waals surface area contributed by atoms with Crippen molar-refractivity contribution in [3.8, 4) is 0 Å². The van der Waals surface area contributed by atoms with Crippen molar-refractivity contribution < 1.29 is 4.39 Å². The van der Waals surface area contributed by atoms with Gasteiger partial charge in [0.1, 0.15) is 5.82 Å². The maximum absolute atomic E-state index is 13.3. The minimum absolute atomic E-state index is 0.237. The molecule has 0 radical (unpaired) electrons. The monoisotopic (exact) mass is 250 g/mol. The number of nitrogens with zero attached hydrogens (tertiary/aromatic N) is 1. The minimum atomic E-state index is -0.237. The van der Waals surface area contributed by atoms with E-state index >= 15 is 0 Å². The van der Waals surface area contributed by atoms with E-state index in [0.29, 0.717) is 11.7 Å². The Hall–Kier alpha value is -1.09. The molecule has 2 N–H and O–H groups in total. The van der Waals surface area contributed by atoms with Gasteiger partial charge in [-0.2, -0.15) is 0 Å². The van der Waals surface area contributed by atoms with Gasteiger partial charge in [0.25, 0.3) is 0 Å². The van der Waals surface area contributed by atoms with Crippen LogP contribution < -0.4 is 5.73 Å². The highest BCUT2D eigenvalue weighted by molar-refractivity contribution is 5.41. The lowest BCUT2D eigenvalue weighted by Gasteiger charge is -2.27. The summed E-state index contributed by atoms with van der Waals surface area (Å²) < 4.78 is 13.3. The van der Waals surface area contributed by atoms with Gasteiger partial charge in [0, 0.05) is 18.3 Å². The van der Waals surface area contributed by atoms with Gasteiger partial charge in [-0.3, -0.25) is 4.90 Å². The fourth-order valence-electron chi connectivity index (χ4n) is 2.88. The van der Waals surface area contributed by atoms with Crippen LogP contribution in [-0.4, -0.2) is 18.0 Å². The lowest BCUT2D eigenvalue weighted by Crippen LogP contribution is -2.30. The van der Waals surface area contributed by atoms with Crippen LogP contribution in [0, 0.1) is 5.82 Å². The first-order valence-corrected chi connectivity index (χ1v) is 6.90. The summed E-state index contributed by atoms with van der Waals surface area (Å²) in [5.41, 5.74) is 7.16. The van der Waals surface area contributed by atoms with Gasteiger partial charge >= 0.3 is 0 Å². The first-order chi connectivity index (χ1) is 8.65. The van der Waals surface area contributed by atoms with Gasteiger partial charge < -0.3 is 5.73 Å². The van der Waals surface area contributed by atoms with E-state index in [9.17, 15) is 4.39 Å². The highest BCUT2D eigenvalue weighted by Gasteiger charge is 2.17. The molecule has 0 saturated heterocycles. The second-order valence-corrected chi connectivity index (χ2v) is 5.45. The molecule has 1 fully saturated rings. The molecule has 0 heterocycles. The predicted molar refractivity (Wildman–Crippen MR) is 73.8 cm³/mol. The van der Waals surface area contributed by atoms with Gasteiger partial charge in [-0.05, 0) is 43.7 Å². The number of rotatable bonds is 3. The largest absolute Gasteiger partial charge is 0.399 e. The molecule has 1 aromatic carbocycles. The van der Waals surface area contributed by atoms with Gasteiger partial charge in [-0.1, -0.05) is 25.7 Å². The van der Waals surface area contributed by atoms with Crippen molar-refractivity contribution in [1.82, 2.24) is 4.90 Å². The van der Waals surface area contributed by atoms with Crippen LogP contribution in [0.3, 0.4) is 0 Å². The molecular formula is C15H23FN2. The molecule has 1 saturated carbocycles. The molecule has 0 bridgehead atoms. The normalized spacial score (nSPS) is 17.9. The van der Waals surface area contributed by atoms with E-state index in [-0.39, 0.29) is 5.82 Å². The molecular weight excluding hydrogens is 227 g/mol. The van der Waals surface area contributed by atoms with Crippen molar-refractivity contribution in [2.45, 2.75) is 51.1 Å². The zero-order chi connectivity index (χ0) is 13.0. The van der Waals surface area contributed by atoms with E-state index in [2.05, 4.69) is 11.9 Å². The number of nitrogens with two attached hydrogens (primary N) is 1. The maximum atomic E-state index is 13.3. The number of halogens is 1. The fourth-order valence-corrected chi connectivity index (χ4v) is 2.88. The summed E-state index contributed by atoms with van der Waals surface area (Å²) in [5, 5.41) is 0. The Labute approximate surface area is 109 Å². The average Bonchev–Trinajstić information content (AvgIpc) is 2.55. The first kappa shape index (κ1) is 13.3. The van der Waals surface area contributed by atoms with Gasteiger partial charge in [-0.15, -0.1) is 0 Å². The molecule has 0 aliphatic heterocycles. The molecule has 18 heavy (non-hydrogen) atoms. The van der Waals surface area contributed by atoms with Crippen molar-refractivity contribution in [3.05, 3.63) is 29.6 Å². The lowest BCUT2D eigenvalue weighted by molar-refractivity contribution is 0.213. The molecule has 0 unspecified atom stereocenters. The molecule has 100 valence electrons. The Balaban J connectivity index is 1.98. The Morgan fingerprint density at radius 1 is 1.17 bits per heavy atom. The van der Waals surface area contributed by atoms with Crippen molar-refractivity contribution in [2.24, 2.45) is 0 Å². The fraction of sp³-hybridized carbons (Fsp3) is 0.600. The Morgan fingerprint density at radius 3 is 2.44 bits per heavy atom. The Kier molecular flexibility index (Phi) is 4.59. The molecule has 3 heteroatoms. The average molecular weight is 250 g/mol. The summed E-state index contributed by atoms with van der Waals surface area (Å²) in [5.74, 6) is -0.237. The van der Waals surface area contributed by atoms with E-state index in [4.69, 9.17) is 5.73 Å². The first-order valence-electron chi connectivity index (χ1n) is 6.90. The van der Waals surface area contributed by atoms with E-state index < -0.39 is 0 Å². The number of hydrogen-bond acceptors (Lipinski definition) is 2. The predicted octanol–water partition coefficient (Wildman–Crippen LogP) is 3.56. The third kappa shape index (κ3) is 3.70. The molecule has 0 amide bonds. The molecule has 1 aliphatic carbocycles. The van der Waals surface area contributed by atoms with Gasteiger partial charge in [-0.25, -0.2) is 4.39 Å². The summed E-state index contributed by atoms with van der Waals surface area (Å²) >= 11 is 0. The van der Waals surface area contributed by atoms with Gasteiger partial charge in [0.15, 0.2) is 0 Å². The van der Waals surface area contributed by atoms with Crippen LogP contribution in [0.5, 0.6) is 0 Å². The van der Waals surface area contributed by atoms with Crippen LogP contribution in [0.2, 0.25) is 0 Å². The van der Waals surface area contributed by atoms with Crippen LogP contribution >= 0.6 is 0 Å². The molecule has 0 atom stereocenters. The number of anilines is 1. The van der Waals surface area contributed by atoms with Gasteiger partial charge in [0.05, 0.1) is 0 Å². The quantitative estimate of drug-likeness (QED) is 0.656. The van der Waals surface area contributed by atoms with Crippen molar-refractivity contribution in [1.29, 1.82) is 0 Å². The smallest absolute Gasteiger partial charge is 0.125 e. The second kappa shape index (κ2) is 6.19. The highest BCUT2D eigenvalue weighted by Crippen LogP contribution is 2.22. The molecule has 1 aliphatic rings. The number of nitrogen functional groups attached to an aromatic ring is 1. The topological polar surface area (TPSA) is 29.3 Å². The van der Waals surface area contributed by atoms with Crippen LogP contribution in [0.25, 0.3) is 0 Å². The van der Waals surface area contributed by atoms with Crippen molar-refractivity contribution in [3.63, 3.8) is 0 Å². The minimum Gasteiger partial charge on any atom is -0.399 e. The maximum Gasteiger partial charge on any atom is 0.125 e. The lowest BCUT2D eigenvalue weighted by atomic mass is 10.1. The standard InChI is InChI=1S/C15H23FN2/c1-18(15-6-4-2-3-5-7-15)11-12-8-13(16)10-14(17)9-12/h8-10,15H,2-7,11,17H2,1H3. The SMILES string of the molecule is CN(Cc1cc(N)cc(F)c1)C1CCCCCC1. The number of benzene rings is 1. The molecule has 0 aromatic heterocycles. The van der Waals surface area contributed by atoms with Crippen LogP contribution in [0.4, 0.5) is 10.1 Å². The van der Waals surface area contributed by atoms with E-state index in [1.165, 1.54) is 44.6 Å². The third-order valence-electron chi connectivity index (χ3n) is 3.86. The summed E-state index contributed by atoms with van der Waals surface area (Å²) in [6, 6.07) is 5.46. The Bertz CT molecular complexity index is 364. The van der Waals surface area contributed by atoms with Crippen LogP contribution in [0.15, 0.2) is 18.2 Å². The van der Waals surface area contributed by atoms with E-state index in [0.717, 1.165) is 12.1 Å². The van der Waals surface area contributed by atoms with Crippen LogP contribution in [-0.2, 0) is 6.54 Å². The summed E-state index contributed by atoms with van der Waals surface area (Å²) in [4.78, 5) is 2.35. The summed E-state index contributed by atoms with van der Waals surface area (Å²) in [6.45, 7) is 0.784. The Morgan fingerprint density at radius 2 is 1.83 bits per heavy atom. The highest BCUT2D eigenvalue weighted by atomic mass is 19.1. The van der Waals surface area contributed by atoms with Crippen LogP contribution in [0.1, 0.15) is 44.1 Å². The van der Waals surface area contributed by atoms with Gasteiger partial charge in [0.2, 0.25) is 0 Å². The molecule has 2 nitrogen and oxygen atoms in total. The zero-order valence-electron chi connectivity index (χ0n) is 11.2. The number of hydrogen-bond donors (Lipinski definition) is 1. The second-order valence-electron chi connectivity index (χ2n) is 5.45. The summed E-state index contributed by atoms with van der Waals surface area (Å²) in [7, 11) is 2.14. The molecule has 0 spiro atoms.